The molecule has 0 aliphatic heterocycles. The third-order valence-electron chi connectivity index (χ3n) is 10.6. The minimum Gasteiger partial charge on any atom is -0.458 e. The van der Waals surface area contributed by atoms with Crippen LogP contribution in [0.2, 0.25) is 0 Å². The Labute approximate surface area is 352 Å². The molecule has 6 heteroatoms. The quantitative estimate of drug-likeness (QED) is 0.0325. The molecule has 0 spiro atoms. The number of aliphatic hydroxyl groups excluding tert-OH is 2. The summed E-state index contributed by atoms with van der Waals surface area (Å²) in [4.78, 5) is 26.0. The normalized spacial score (nSPS) is 13.8. The first-order chi connectivity index (χ1) is 28.0. The molecule has 0 fully saturated rings. The van der Waals surface area contributed by atoms with Gasteiger partial charge >= 0.3 is 5.97 Å². The summed E-state index contributed by atoms with van der Waals surface area (Å²) in [5.74, 6) is -0.626. The van der Waals surface area contributed by atoms with Crippen molar-refractivity contribution in [2.24, 2.45) is 0 Å². The average molecular weight is 798 g/mol. The van der Waals surface area contributed by atoms with Crippen LogP contribution in [0.15, 0.2) is 60.8 Å². The van der Waals surface area contributed by atoms with Crippen molar-refractivity contribution in [3.05, 3.63) is 60.8 Å². The van der Waals surface area contributed by atoms with Crippen LogP contribution in [0.25, 0.3) is 0 Å². The molecule has 0 saturated carbocycles. The first-order valence-electron chi connectivity index (χ1n) is 24.0. The number of amides is 1. The number of allylic oxidation sites excluding steroid dienone is 9. The molecular formula is C51H91NO5. The van der Waals surface area contributed by atoms with Crippen LogP contribution in [0.3, 0.4) is 0 Å². The minimum absolute atomic E-state index is 0.0449. The van der Waals surface area contributed by atoms with E-state index in [-0.39, 0.29) is 24.9 Å². The number of esters is 1. The van der Waals surface area contributed by atoms with Gasteiger partial charge in [0.15, 0.2) is 0 Å². The van der Waals surface area contributed by atoms with Crippen LogP contribution in [-0.2, 0) is 14.3 Å². The fourth-order valence-corrected chi connectivity index (χ4v) is 6.98. The predicted molar refractivity (Wildman–Crippen MR) is 245 cm³/mol. The van der Waals surface area contributed by atoms with Crippen molar-refractivity contribution >= 4 is 11.9 Å². The molecule has 0 aromatic heterocycles. The Hall–Kier alpha value is -2.44. The second-order valence-electron chi connectivity index (χ2n) is 16.1. The number of rotatable bonds is 42. The zero-order valence-electron chi connectivity index (χ0n) is 37.5. The first-order valence-corrected chi connectivity index (χ1v) is 24.0. The number of ether oxygens (including phenoxy) is 1. The number of aliphatic hydroxyl groups is 2. The molecule has 3 atom stereocenters. The Balaban J connectivity index is 4.76. The van der Waals surface area contributed by atoms with Gasteiger partial charge in [-0.2, -0.15) is 0 Å². The van der Waals surface area contributed by atoms with Crippen LogP contribution in [0.1, 0.15) is 226 Å². The summed E-state index contributed by atoms with van der Waals surface area (Å²) in [6.07, 6.45) is 54.5. The van der Waals surface area contributed by atoms with Crippen LogP contribution in [0, 0.1) is 0 Å². The summed E-state index contributed by atoms with van der Waals surface area (Å²) < 4.78 is 5.80. The molecule has 0 aromatic carbocycles. The van der Waals surface area contributed by atoms with Crippen LogP contribution in [0.4, 0.5) is 0 Å². The van der Waals surface area contributed by atoms with E-state index in [2.05, 4.69) is 74.7 Å². The number of hydrogen-bond acceptors (Lipinski definition) is 5. The van der Waals surface area contributed by atoms with E-state index in [1.807, 2.05) is 6.08 Å². The predicted octanol–water partition coefficient (Wildman–Crippen LogP) is 14.1. The van der Waals surface area contributed by atoms with E-state index in [1.54, 1.807) is 6.08 Å². The minimum atomic E-state index is -0.817. The van der Waals surface area contributed by atoms with Crippen LogP contribution in [0.5, 0.6) is 0 Å². The lowest BCUT2D eigenvalue weighted by Gasteiger charge is -2.23. The average Bonchev–Trinajstić information content (AvgIpc) is 3.20. The zero-order chi connectivity index (χ0) is 41.7. The molecule has 1 amide bonds. The van der Waals surface area contributed by atoms with Crippen molar-refractivity contribution in [3.8, 4) is 0 Å². The molecule has 0 rings (SSSR count). The first kappa shape index (κ1) is 54.6. The van der Waals surface area contributed by atoms with E-state index < -0.39 is 18.2 Å². The van der Waals surface area contributed by atoms with E-state index >= 15 is 0 Å². The van der Waals surface area contributed by atoms with Gasteiger partial charge in [-0.15, -0.1) is 0 Å². The maximum absolute atomic E-state index is 13.1. The lowest BCUT2D eigenvalue weighted by molar-refractivity contribution is -0.148. The molecule has 3 unspecified atom stereocenters. The van der Waals surface area contributed by atoms with Crippen molar-refractivity contribution in [2.75, 3.05) is 6.61 Å². The van der Waals surface area contributed by atoms with Gasteiger partial charge in [0.2, 0.25) is 5.91 Å². The lowest BCUT2D eigenvalue weighted by Crippen LogP contribution is -2.46. The zero-order valence-corrected chi connectivity index (χ0v) is 37.5. The molecule has 0 heterocycles. The number of unbranched alkanes of at least 4 members (excludes halogenated alkanes) is 22. The molecule has 6 nitrogen and oxygen atoms in total. The second kappa shape index (κ2) is 44.7. The molecule has 0 aromatic rings. The number of nitrogens with one attached hydrogen (secondary N) is 1. The van der Waals surface area contributed by atoms with Crippen molar-refractivity contribution in [1.82, 2.24) is 5.32 Å². The van der Waals surface area contributed by atoms with Gasteiger partial charge in [0, 0.05) is 6.42 Å². The van der Waals surface area contributed by atoms with Crippen LogP contribution in [-0.4, -0.2) is 46.9 Å². The molecule has 0 bridgehead atoms. The van der Waals surface area contributed by atoms with Gasteiger partial charge in [-0.25, -0.2) is 0 Å². The van der Waals surface area contributed by atoms with Gasteiger partial charge in [0.1, 0.15) is 6.10 Å². The molecule has 3 N–H and O–H groups in total. The summed E-state index contributed by atoms with van der Waals surface area (Å²) in [5, 5.41) is 23.6. The maximum atomic E-state index is 13.1. The number of hydrogen-bond donors (Lipinski definition) is 3. The number of carbonyl (C=O) groups excluding carboxylic acids is 2. The molecule has 0 radical (unpaired) electrons. The fourth-order valence-electron chi connectivity index (χ4n) is 6.98. The summed E-state index contributed by atoms with van der Waals surface area (Å²) in [6.45, 7) is 6.31. The lowest BCUT2D eigenvalue weighted by atomic mass is 10.0. The Morgan fingerprint density at radius 1 is 0.526 bits per heavy atom. The summed E-state index contributed by atoms with van der Waals surface area (Å²) in [7, 11) is 0. The molecule has 0 saturated heterocycles. The van der Waals surface area contributed by atoms with E-state index in [9.17, 15) is 19.8 Å². The third-order valence-corrected chi connectivity index (χ3v) is 10.6. The molecule has 0 aliphatic carbocycles. The van der Waals surface area contributed by atoms with Gasteiger partial charge in [0.25, 0.3) is 0 Å². The van der Waals surface area contributed by atoms with Gasteiger partial charge < -0.3 is 20.3 Å². The van der Waals surface area contributed by atoms with Crippen molar-refractivity contribution in [1.29, 1.82) is 0 Å². The van der Waals surface area contributed by atoms with Gasteiger partial charge in [-0.05, 0) is 51.0 Å². The second-order valence-corrected chi connectivity index (χ2v) is 16.1. The van der Waals surface area contributed by atoms with Crippen molar-refractivity contribution in [2.45, 2.75) is 244 Å². The third kappa shape index (κ3) is 40.1. The highest BCUT2D eigenvalue weighted by Gasteiger charge is 2.23. The Morgan fingerprint density at radius 3 is 1.33 bits per heavy atom. The highest BCUT2D eigenvalue weighted by molar-refractivity contribution is 5.78. The standard InChI is InChI=1S/C51H91NO5/c1-4-7-10-13-16-19-22-24-26-28-30-33-36-39-42-47(57-51(56)44-41-38-35-32-29-25-23-20-17-14-11-8-5-2)45-50(55)52-48(46-53)49(54)43-40-37-34-31-27-21-18-15-12-9-6-3/h7,10,16,19,24,26,30,33,39,42,47-49,53-54H,4-6,8-9,11-15,17-18,20-23,25,27-29,31-32,34-38,40-41,43-46H2,1-3H3,(H,52,55)/b10-7+,19-16+,26-24+,33-30+,42-39+. The van der Waals surface area contributed by atoms with Crippen molar-refractivity contribution < 1.29 is 24.5 Å². The summed E-state index contributed by atoms with van der Waals surface area (Å²) in [5.41, 5.74) is 0. The number of carbonyl (C=O) groups is 2. The highest BCUT2D eigenvalue weighted by atomic mass is 16.5. The largest absolute Gasteiger partial charge is 0.458 e. The molecule has 330 valence electrons. The van der Waals surface area contributed by atoms with Gasteiger partial charge in [-0.1, -0.05) is 223 Å². The smallest absolute Gasteiger partial charge is 0.306 e. The van der Waals surface area contributed by atoms with Gasteiger partial charge in [0.05, 0.1) is 25.2 Å². The maximum Gasteiger partial charge on any atom is 0.306 e. The van der Waals surface area contributed by atoms with Crippen LogP contribution < -0.4 is 5.32 Å². The van der Waals surface area contributed by atoms with E-state index in [1.165, 1.54) is 116 Å². The van der Waals surface area contributed by atoms with E-state index in [0.29, 0.717) is 19.3 Å². The summed E-state index contributed by atoms with van der Waals surface area (Å²) >= 11 is 0. The Bertz CT molecular complexity index is 1030. The Kier molecular flexibility index (Phi) is 42.7. The molecule has 0 aliphatic rings. The van der Waals surface area contributed by atoms with Crippen molar-refractivity contribution in [3.63, 3.8) is 0 Å². The summed E-state index contributed by atoms with van der Waals surface area (Å²) in [6, 6.07) is -0.740. The Morgan fingerprint density at radius 2 is 0.912 bits per heavy atom. The fraction of sp³-hybridized carbons (Fsp3) is 0.765. The highest BCUT2D eigenvalue weighted by Crippen LogP contribution is 2.16. The topological polar surface area (TPSA) is 95.9 Å². The monoisotopic (exact) mass is 798 g/mol. The van der Waals surface area contributed by atoms with E-state index in [4.69, 9.17) is 4.74 Å². The SMILES string of the molecule is CC/C=C/C/C=C/C/C=C/C/C=C/C/C=C/C(CC(=O)NC(CO)C(O)CCCCCCCCCCCCC)OC(=O)CCCCCCCCCCCCCCC. The van der Waals surface area contributed by atoms with E-state index in [0.717, 1.165) is 64.2 Å². The van der Waals surface area contributed by atoms with Gasteiger partial charge in [-0.3, -0.25) is 9.59 Å². The molecular weight excluding hydrogens is 707 g/mol. The molecule has 57 heavy (non-hydrogen) atoms. The van der Waals surface area contributed by atoms with Crippen LogP contribution >= 0.6 is 0 Å².